The van der Waals surface area contributed by atoms with E-state index in [0.29, 0.717) is 5.69 Å². The van der Waals surface area contributed by atoms with E-state index in [1.807, 2.05) is 30.3 Å². The average molecular weight is 283 g/mol. The number of hydrogen-bond donors (Lipinski definition) is 3. The quantitative estimate of drug-likeness (QED) is 0.753. The molecule has 2 aromatic rings. The Kier molecular flexibility index (Phi) is 4.36. The monoisotopic (exact) mass is 283 g/mol. The van der Waals surface area contributed by atoms with Gasteiger partial charge in [0.05, 0.1) is 0 Å². The van der Waals surface area contributed by atoms with Crippen molar-refractivity contribution in [3.05, 3.63) is 65.7 Å². The standard InChI is InChI=1S/C16H13NO4/c18-14-10-12(7-8-13(14)16(20)21)17-15(19)9-6-11-4-2-1-3-5-11/h1-10,18H,(H,17,19)(H,20,21)/b9-6+. The molecular weight excluding hydrogens is 270 g/mol. The van der Waals surface area contributed by atoms with Crippen LogP contribution in [0.25, 0.3) is 6.08 Å². The van der Waals surface area contributed by atoms with E-state index in [1.54, 1.807) is 6.08 Å². The second-order valence-corrected chi connectivity index (χ2v) is 4.27. The van der Waals surface area contributed by atoms with E-state index in [2.05, 4.69) is 5.32 Å². The summed E-state index contributed by atoms with van der Waals surface area (Å²) in [6, 6.07) is 13.2. The van der Waals surface area contributed by atoms with Crippen molar-refractivity contribution in [2.75, 3.05) is 5.32 Å². The van der Waals surface area contributed by atoms with Crippen molar-refractivity contribution in [2.45, 2.75) is 0 Å². The number of carbonyl (C=O) groups is 2. The SMILES string of the molecule is O=C(/C=C/c1ccccc1)Nc1ccc(C(=O)O)c(O)c1. The van der Waals surface area contributed by atoms with Crippen LogP contribution in [-0.2, 0) is 4.79 Å². The minimum atomic E-state index is -1.23. The molecule has 3 N–H and O–H groups in total. The lowest BCUT2D eigenvalue weighted by Gasteiger charge is -2.05. The highest BCUT2D eigenvalue weighted by Gasteiger charge is 2.10. The van der Waals surface area contributed by atoms with Gasteiger partial charge in [0.15, 0.2) is 0 Å². The van der Waals surface area contributed by atoms with Crippen LogP contribution in [0.3, 0.4) is 0 Å². The summed E-state index contributed by atoms with van der Waals surface area (Å²) < 4.78 is 0. The molecule has 0 atom stereocenters. The molecule has 0 aliphatic heterocycles. The average Bonchev–Trinajstić information content (AvgIpc) is 2.46. The smallest absolute Gasteiger partial charge is 0.339 e. The first-order valence-electron chi connectivity index (χ1n) is 6.16. The van der Waals surface area contributed by atoms with Crippen LogP contribution in [0.2, 0.25) is 0 Å². The van der Waals surface area contributed by atoms with Crippen molar-refractivity contribution in [3.63, 3.8) is 0 Å². The molecule has 2 rings (SSSR count). The second kappa shape index (κ2) is 6.38. The number of rotatable bonds is 4. The van der Waals surface area contributed by atoms with Gasteiger partial charge in [0, 0.05) is 17.8 Å². The Hall–Kier alpha value is -3.08. The number of nitrogens with one attached hydrogen (secondary N) is 1. The maximum absolute atomic E-state index is 11.7. The summed E-state index contributed by atoms with van der Waals surface area (Å²) in [5.74, 6) is -2.00. The number of anilines is 1. The number of benzene rings is 2. The Morgan fingerprint density at radius 2 is 1.76 bits per heavy atom. The third kappa shape index (κ3) is 3.94. The molecule has 21 heavy (non-hydrogen) atoms. The van der Waals surface area contributed by atoms with Gasteiger partial charge in [-0.2, -0.15) is 0 Å². The first-order valence-corrected chi connectivity index (χ1v) is 6.16. The third-order valence-corrected chi connectivity index (χ3v) is 2.72. The van der Waals surface area contributed by atoms with E-state index < -0.39 is 11.7 Å². The highest BCUT2D eigenvalue weighted by Crippen LogP contribution is 2.21. The van der Waals surface area contributed by atoms with Crippen LogP contribution >= 0.6 is 0 Å². The molecule has 0 heterocycles. The van der Waals surface area contributed by atoms with Crippen molar-refractivity contribution < 1.29 is 19.8 Å². The zero-order chi connectivity index (χ0) is 15.2. The summed E-state index contributed by atoms with van der Waals surface area (Å²) in [5, 5.41) is 20.9. The highest BCUT2D eigenvalue weighted by molar-refractivity contribution is 6.02. The lowest BCUT2D eigenvalue weighted by molar-refractivity contribution is -0.111. The van der Waals surface area contributed by atoms with E-state index in [0.717, 1.165) is 5.56 Å². The van der Waals surface area contributed by atoms with Crippen molar-refractivity contribution in [1.29, 1.82) is 0 Å². The molecule has 0 saturated carbocycles. The highest BCUT2D eigenvalue weighted by atomic mass is 16.4. The molecule has 5 nitrogen and oxygen atoms in total. The molecule has 0 aromatic heterocycles. The normalized spacial score (nSPS) is 10.5. The second-order valence-electron chi connectivity index (χ2n) is 4.27. The van der Waals surface area contributed by atoms with Crippen LogP contribution in [0.1, 0.15) is 15.9 Å². The molecule has 1 amide bonds. The zero-order valence-electron chi connectivity index (χ0n) is 11.0. The van der Waals surface area contributed by atoms with Crippen molar-refractivity contribution >= 4 is 23.6 Å². The maximum atomic E-state index is 11.7. The van der Waals surface area contributed by atoms with Crippen LogP contribution in [-0.4, -0.2) is 22.1 Å². The Labute approximate surface area is 121 Å². The Morgan fingerprint density at radius 3 is 2.38 bits per heavy atom. The number of carboxylic acid groups (broad SMARTS) is 1. The summed E-state index contributed by atoms with van der Waals surface area (Å²) in [6.07, 6.45) is 3.01. The molecule has 106 valence electrons. The molecule has 0 spiro atoms. The van der Waals surface area contributed by atoms with Crippen molar-refractivity contribution in [3.8, 4) is 5.75 Å². The summed E-state index contributed by atoms with van der Waals surface area (Å²) in [4.78, 5) is 22.5. The van der Waals surface area contributed by atoms with Gasteiger partial charge in [-0.25, -0.2) is 4.79 Å². The minimum Gasteiger partial charge on any atom is -0.507 e. The summed E-state index contributed by atoms with van der Waals surface area (Å²) in [6.45, 7) is 0. The molecule has 0 aliphatic rings. The van der Waals surface area contributed by atoms with Crippen molar-refractivity contribution in [2.24, 2.45) is 0 Å². The Morgan fingerprint density at radius 1 is 1.05 bits per heavy atom. The molecule has 0 aliphatic carbocycles. The summed E-state index contributed by atoms with van der Waals surface area (Å²) in [5.41, 5.74) is 0.991. The molecule has 0 bridgehead atoms. The molecule has 2 aromatic carbocycles. The number of aromatic carboxylic acids is 1. The summed E-state index contributed by atoms with van der Waals surface area (Å²) >= 11 is 0. The number of phenols is 1. The van der Waals surface area contributed by atoms with E-state index in [9.17, 15) is 14.7 Å². The van der Waals surface area contributed by atoms with Crippen LogP contribution < -0.4 is 5.32 Å². The zero-order valence-corrected chi connectivity index (χ0v) is 11.0. The molecule has 5 heteroatoms. The van der Waals surface area contributed by atoms with Gasteiger partial charge >= 0.3 is 5.97 Å². The molecule has 0 unspecified atom stereocenters. The topological polar surface area (TPSA) is 86.6 Å². The van der Waals surface area contributed by atoms with Crippen LogP contribution in [0.5, 0.6) is 5.75 Å². The predicted octanol–water partition coefficient (Wildman–Crippen LogP) is 2.74. The lowest BCUT2D eigenvalue weighted by Crippen LogP contribution is -2.08. The van der Waals surface area contributed by atoms with Crippen molar-refractivity contribution in [1.82, 2.24) is 0 Å². The van der Waals surface area contributed by atoms with Gasteiger partial charge in [-0.3, -0.25) is 4.79 Å². The predicted molar refractivity (Wildman–Crippen MR) is 79.2 cm³/mol. The lowest BCUT2D eigenvalue weighted by atomic mass is 10.2. The van der Waals surface area contributed by atoms with Gasteiger partial charge in [-0.15, -0.1) is 0 Å². The van der Waals surface area contributed by atoms with E-state index in [-0.39, 0.29) is 11.5 Å². The number of carboxylic acids is 1. The first kappa shape index (κ1) is 14.3. The number of aromatic hydroxyl groups is 1. The van der Waals surface area contributed by atoms with Gasteiger partial charge < -0.3 is 15.5 Å². The fraction of sp³-hybridized carbons (Fsp3) is 0. The fourth-order valence-corrected chi connectivity index (χ4v) is 1.71. The van der Waals surface area contributed by atoms with Gasteiger partial charge in [0.1, 0.15) is 11.3 Å². The number of carbonyl (C=O) groups excluding carboxylic acids is 1. The Bertz CT molecular complexity index is 693. The first-order chi connectivity index (χ1) is 10.1. The molecular formula is C16H13NO4. The van der Waals surface area contributed by atoms with E-state index in [4.69, 9.17) is 5.11 Å². The van der Waals surface area contributed by atoms with Crippen LogP contribution in [0.4, 0.5) is 5.69 Å². The van der Waals surface area contributed by atoms with Gasteiger partial charge in [-0.05, 0) is 23.8 Å². The Balaban J connectivity index is 2.05. The van der Waals surface area contributed by atoms with E-state index in [1.165, 1.54) is 24.3 Å². The van der Waals surface area contributed by atoms with Crippen LogP contribution in [0, 0.1) is 0 Å². The minimum absolute atomic E-state index is 0.215. The third-order valence-electron chi connectivity index (χ3n) is 2.72. The van der Waals surface area contributed by atoms with Gasteiger partial charge in [-0.1, -0.05) is 30.3 Å². The molecule has 0 fully saturated rings. The molecule has 0 saturated heterocycles. The molecule has 0 radical (unpaired) electrons. The fourth-order valence-electron chi connectivity index (χ4n) is 1.71. The number of hydrogen-bond acceptors (Lipinski definition) is 3. The van der Waals surface area contributed by atoms with E-state index >= 15 is 0 Å². The largest absolute Gasteiger partial charge is 0.507 e. The van der Waals surface area contributed by atoms with Gasteiger partial charge in [0.2, 0.25) is 5.91 Å². The summed E-state index contributed by atoms with van der Waals surface area (Å²) in [7, 11) is 0. The number of amides is 1. The van der Waals surface area contributed by atoms with Crippen LogP contribution in [0.15, 0.2) is 54.6 Å². The van der Waals surface area contributed by atoms with Gasteiger partial charge in [0.25, 0.3) is 0 Å². The maximum Gasteiger partial charge on any atom is 0.339 e.